The molecule has 0 amide bonds. The molecule has 3 N–H and O–H groups in total. The Bertz CT molecular complexity index is 441. The summed E-state index contributed by atoms with van der Waals surface area (Å²) in [5, 5.41) is 11.4. The van der Waals surface area contributed by atoms with Gasteiger partial charge in [0.2, 0.25) is 0 Å². The highest BCUT2D eigenvalue weighted by Crippen LogP contribution is 2.16. The van der Waals surface area contributed by atoms with Crippen molar-refractivity contribution in [2.45, 2.75) is 12.8 Å². The standard InChI is InChI=1S/C14H21FN4O/c15-12-3-5-13(6-4-12)19-10-8-18(9-11-19)7-1-2-14(16)17-20/h3-6,20H,1-2,7-11H2,(H2,16,17). The van der Waals surface area contributed by atoms with E-state index in [0.717, 1.165) is 44.8 Å². The fourth-order valence-electron chi connectivity index (χ4n) is 2.42. The van der Waals surface area contributed by atoms with Crippen LogP contribution in [-0.4, -0.2) is 48.7 Å². The number of hydrogen-bond acceptors (Lipinski definition) is 4. The number of piperazine rings is 1. The van der Waals surface area contributed by atoms with Crippen LogP contribution in [0.3, 0.4) is 0 Å². The molecule has 1 saturated heterocycles. The molecular formula is C14H21FN4O. The Kier molecular flexibility index (Phi) is 5.17. The largest absolute Gasteiger partial charge is 0.409 e. The Morgan fingerprint density at radius 3 is 2.45 bits per heavy atom. The van der Waals surface area contributed by atoms with Crippen molar-refractivity contribution >= 4 is 11.5 Å². The highest BCUT2D eigenvalue weighted by Gasteiger charge is 2.16. The minimum absolute atomic E-state index is 0.199. The van der Waals surface area contributed by atoms with Gasteiger partial charge in [0, 0.05) is 38.3 Å². The molecule has 1 aromatic carbocycles. The Morgan fingerprint density at radius 2 is 1.85 bits per heavy atom. The van der Waals surface area contributed by atoms with Gasteiger partial charge in [0.1, 0.15) is 11.7 Å². The molecule has 1 aliphatic rings. The SMILES string of the molecule is N/C(CCCN1CCN(c2ccc(F)cc2)CC1)=N\O. The van der Waals surface area contributed by atoms with Crippen LogP contribution in [0.25, 0.3) is 0 Å². The van der Waals surface area contributed by atoms with Gasteiger partial charge in [-0.25, -0.2) is 4.39 Å². The highest BCUT2D eigenvalue weighted by atomic mass is 19.1. The van der Waals surface area contributed by atoms with Gasteiger partial charge in [0.25, 0.3) is 0 Å². The van der Waals surface area contributed by atoms with Crippen LogP contribution in [-0.2, 0) is 0 Å². The van der Waals surface area contributed by atoms with Crippen molar-refractivity contribution in [1.82, 2.24) is 4.90 Å². The lowest BCUT2D eigenvalue weighted by atomic mass is 10.2. The minimum atomic E-state index is -0.199. The number of anilines is 1. The smallest absolute Gasteiger partial charge is 0.139 e. The van der Waals surface area contributed by atoms with E-state index in [4.69, 9.17) is 10.9 Å². The highest BCUT2D eigenvalue weighted by molar-refractivity contribution is 5.79. The second-order valence-electron chi connectivity index (χ2n) is 5.00. The van der Waals surface area contributed by atoms with Crippen molar-refractivity contribution in [1.29, 1.82) is 0 Å². The van der Waals surface area contributed by atoms with Crippen LogP contribution in [0, 0.1) is 5.82 Å². The summed E-state index contributed by atoms with van der Waals surface area (Å²) in [6, 6.07) is 6.64. The molecule has 2 rings (SSSR count). The summed E-state index contributed by atoms with van der Waals surface area (Å²) in [7, 11) is 0. The molecule has 5 nitrogen and oxygen atoms in total. The number of nitrogens with two attached hydrogens (primary N) is 1. The number of benzene rings is 1. The summed E-state index contributed by atoms with van der Waals surface area (Å²) >= 11 is 0. The van der Waals surface area contributed by atoms with Crippen LogP contribution < -0.4 is 10.6 Å². The zero-order valence-electron chi connectivity index (χ0n) is 11.5. The quantitative estimate of drug-likeness (QED) is 0.371. The zero-order chi connectivity index (χ0) is 14.4. The summed E-state index contributed by atoms with van der Waals surface area (Å²) < 4.78 is 12.9. The number of rotatable bonds is 5. The first kappa shape index (κ1) is 14.6. The lowest BCUT2D eigenvalue weighted by Gasteiger charge is -2.36. The first-order valence-electron chi connectivity index (χ1n) is 6.88. The van der Waals surface area contributed by atoms with E-state index in [0.29, 0.717) is 6.42 Å². The van der Waals surface area contributed by atoms with E-state index in [1.165, 1.54) is 12.1 Å². The van der Waals surface area contributed by atoms with Crippen LogP contribution in [0.2, 0.25) is 0 Å². The van der Waals surface area contributed by atoms with E-state index >= 15 is 0 Å². The maximum atomic E-state index is 12.9. The monoisotopic (exact) mass is 280 g/mol. The van der Waals surface area contributed by atoms with E-state index in [1.54, 1.807) is 0 Å². The summed E-state index contributed by atoms with van der Waals surface area (Å²) in [5.41, 5.74) is 6.51. The number of nitrogens with zero attached hydrogens (tertiary/aromatic N) is 3. The molecule has 1 fully saturated rings. The third-order valence-electron chi connectivity index (χ3n) is 3.60. The molecular weight excluding hydrogens is 259 g/mol. The van der Waals surface area contributed by atoms with Gasteiger partial charge in [-0.2, -0.15) is 0 Å². The van der Waals surface area contributed by atoms with E-state index in [2.05, 4.69) is 15.0 Å². The van der Waals surface area contributed by atoms with Crippen LogP contribution in [0.5, 0.6) is 0 Å². The van der Waals surface area contributed by atoms with Crippen molar-refractivity contribution < 1.29 is 9.60 Å². The maximum Gasteiger partial charge on any atom is 0.139 e. The number of hydrogen-bond donors (Lipinski definition) is 2. The number of halogens is 1. The van der Waals surface area contributed by atoms with E-state index in [-0.39, 0.29) is 11.7 Å². The molecule has 110 valence electrons. The lowest BCUT2D eigenvalue weighted by molar-refractivity contribution is 0.255. The van der Waals surface area contributed by atoms with E-state index in [1.807, 2.05) is 12.1 Å². The van der Waals surface area contributed by atoms with Crippen molar-refractivity contribution in [3.05, 3.63) is 30.1 Å². The molecule has 0 saturated carbocycles. The molecule has 0 spiro atoms. The van der Waals surface area contributed by atoms with Gasteiger partial charge < -0.3 is 15.8 Å². The molecule has 0 aromatic heterocycles. The van der Waals surface area contributed by atoms with Crippen molar-refractivity contribution in [3.63, 3.8) is 0 Å². The second-order valence-corrected chi connectivity index (χ2v) is 5.00. The predicted molar refractivity (Wildman–Crippen MR) is 77.7 cm³/mol. The lowest BCUT2D eigenvalue weighted by Crippen LogP contribution is -2.46. The van der Waals surface area contributed by atoms with Gasteiger partial charge in [-0.1, -0.05) is 5.16 Å². The fourth-order valence-corrected chi connectivity index (χ4v) is 2.42. The summed E-state index contributed by atoms with van der Waals surface area (Å²) in [6.07, 6.45) is 1.51. The van der Waals surface area contributed by atoms with Gasteiger partial charge in [-0.3, -0.25) is 4.90 Å². The van der Waals surface area contributed by atoms with Gasteiger partial charge in [0.05, 0.1) is 0 Å². The van der Waals surface area contributed by atoms with Crippen LogP contribution >= 0.6 is 0 Å². The average molecular weight is 280 g/mol. The van der Waals surface area contributed by atoms with Gasteiger partial charge in [-0.15, -0.1) is 0 Å². The minimum Gasteiger partial charge on any atom is -0.409 e. The third kappa shape index (κ3) is 4.09. The normalized spacial score (nSPS) is 17.4. The van der Waals surface area contributed by atoms with Crippen LogP contribution in [0.15, 0.2) is 29.4 Å². The van der Waals surface area contributed by atoms with Crippen LogP contribution in [0.4, 0.5) is 10.1 Å². The molecule has 0 atom stereocenters. The summed E-state index contributed by atoms with van der Waals surface area (Å²) in [4.78, 5) is 4.63. The maximum absolute atomic E-state index is 12.9. The first-order chi connectivity index (χ1) is 9.69. The van der Waals surface area contributed by atoms with Gasteiger partial charge in [0.15, 0.2) is 0 Å². The van der Waals surface area contributed by atoms with E-state index < -0.39 is 0 Å². The average Bonchev–Trinajstić information content (AvgIpc) is 2.48. The first-order valence-corrected chi connectivity index (χ1v) is 6.88. The Balaban J connectivity index is 1.73. The van der Waals surface area contributed by atoms with Gasteiger partial charge in [-0.05, 0) is 37.2 Å². The summed E-state index contributed by atoms with van der Waals surface area (Å²) in [6.45, 7) is 4.79. The molecule has 0 radical (unpaired) electrons. The Labute approximate surface area is 118 Å². The number of oxime groups is 1. The van der Waals surface area contributed by atoms with Gasteiger partial charge >= 0.3 is 0 Å². The number of amidine groups is 1. The van der Waals surface area contributed by atoms with Crippen LogP contribution in [0.1, 0.15) is 12.8 Å². The molecule has 6 heteroatoms. The molecule has 0 unspecified atom stereocenters. The third-order valence-corrected chi connectivity index (χ3v) is 3.60. The fraction of sp³-hybridized carbons (Fsp3) is 0.500. The molecule has 0 bridgehead atoms. The predicted octanol–water partition coefficient (Wildman–Crippen LogP) is 1.47. The molecule has 1 aliphatic heterocycles. The Morgan fingerprint density at radius 1 is 1.20 bits per heavy atom. The molecule has 1 heterocycles. The topological polar surface area (TPSA) is 65.1 Å². The van der Waals surface area contributed by atoms with Crippen molar-refractivity contribution in [2.24, 2.45) is 10.9 Å². The van der Waals surface area contributed by atoms with Crippen molar-refractivity contribution in [3.8, 4) is 0 Å². The van der Waals surface area contributed by atoms with Crippen molar-refractivity contribution in [2.75, 3.05) is 37.6 Å². The molecule has 0 aliphatic carbocycles. The van der Waals surface area contributed by atoms with E-state index in [9.17, 15) is 4.39 Å². The Hall–Kier alpha value is -1.82. The molecule has 20 heavy (non-hydrogen) atoms. The summed E-state index contributed by atoms with van der Waals surface area (Å²) in [5.74, 6) is 0.0884. The second kappa shape index (κ2) is 7.09. The zero-order valence-corrected chi connectivity index (χ0v) is 11.5. The molecule has 1 aromatic rings.